The number of benzene rings is 1. The van der Waals surface area contributed by atoms with Crippen molar-refractivity contribution in [2.75, 3.05) is 0 Å². The van der Waals surface area contributed by atoms with E-state index in [0.717, 1.165) is 5.65 Å². The molecule has 1 amide bonds. The normalized spacial score (nSPS) is 12.6. The average Bonchev–Trinajstić information content (AvgIpc) is 3.12. The Morgan fingerprint density at radius 3 is 2.46 bits per heavy atom. The van der Waals surface area contributed by atoms with E-state index >= 15 is 0 Å². The maximum atomic E-state index is 13.1. The van der Waals surface area contributed by atoms with Gasteiger partial charge in [-0.25, -0.2) is 0 Å². The van der Waals surface area contributed by atoms with Crippen molar-refractivity contribution in [3.63, 3.8) is 0 Å². The van der Waals surface area contributed by atoms with Gasteiger partial charge in [0.25, 0.3) is 11.5 Å². The van der Waals surface area contributed by atoms with Crippen LogP contribution in [0.15, 0.2) is 59.7 Å². The van der Waals surface area contributed by atoms with Gasteiger partial charge in [-0.3, -0.25) is 14.0 Å². The Labute approximate surface area is 161 Å². The number of pyridine rings is 2. The molecule has 0 fully saturated rings. The molecule has 7 nitrogen and oxygen atoms in total. The summed E-state index contributed by atoms with van der Waals surface area (Å²) in [7, 11) is 0. The predicted molar refractivity (Wildman–Crippen MR) is 107 cm³/mol. The first kappa shape index (κ1) is 17.9. The van der Waals surface area contributed by atoms with E-state index < -0.39 is 0 Å². The standard InChI is InChI=1S/C21H21N5O2/c1-13(2)26-12-17(15-8-4-5-9-16(15)21(26)28)20(27)22-14(3)19-24-23-18-10-6-7-11-25(18)19/h4-14H,1-3H3,(H,22,27)/t14-/m0/s1. The first-order valence-corrected chi connectivity index (χ1v) is 9.21. The van der Waals surface area contributed by atoms with E-state index in [1.165, 1.54) is 0 Å². The molecular formula is C21H21N5O2. The molecule has 0 aliphatic heterocycles. The second-order valence-corrected chi connectivity index (χ2v) is 7.08. The number of fused-ring (bicyclic) bond motifs is 2. The quantitative estimate of drug-likeness (QED) is 0.594. The van der Waals surface area contributed by atoms with Crippen molar-refractivity contribution in [3.8, 4) is 0 Å². The van der Waals surface area contributed by atoms with E-state index in [-0.39, 0.29) is 23.6 Å². The van der Waals surface area contributed by atoms with E-state index in [9.17, 15) is 9.59 Å². The molecule has 0 aliphatic rings. The fraction of sp³-hybridized carbons (Fsp3) is 0.238. The number of amides is 1. The molecule has 0 bridgehead atoms. The van der Waals surface area contributed by atoms with Crippen LogP contribution in [0.1, 0.15) is 49.0 Å². The number of nitrogens with zero attached hydrogens (tertiary/aromatic N) is 4. The molecule has 28 heavy (non-hydrogen) atoms. The van der Waals surface area contributed by atoms with Gasteiger partial charge in [-0.2, -0.15) is 0 Å². The van der Waals surface area contributed by atoms with Gasteiger partial charge in [-0.05, 0) is 39.0 Å². The number of nitrogens with one attached hydrogen (secondary N) is 1. The van der Waals surface area contributed by atoms with Crippen molar-refractivity contribution < 1.29 is 4.79 Å². The van der Waals surface area contributed by atoms with Gasteiger partial charge in [-0.1, -0.05) is 24.3 Å². The highest BCUT2D eigenvalue weighted by atomic mass is 16.2. The molecule has 3 heterocycles. The molecule has 3 aromatic heterocycles. The molecule has 0 spiro atoms. The lowest BCUT2D eigenvalue weighted by atomic mass is 10.1. The molecule has 142 valence electrons. The van der Waals surface area contributed by atoms with E-state index in [1.807, 2.05) is 55.6 Å². The smallest absolute Gasteiger partial charge is 0.258 e. The summed E-state index contributed by atoms with van der Waals surface area (Å²) < 4.78 is 3.44. The van der Waals surface area contributed by atoms with E-state index in [0.29, 0.717) is 22.2 Å². The van der Waals surface area contributed by atoms with Crippen molar-refractivity contribution >= 4 is 22.3 Å². The Hall–Kier alpha value is -3.48. The lowest BCUT2D eigenvalue weighted by Gasteiger charge is -2.17. The third kappa shape index (κ3) is 2.94. The highest BCUT2D eigenvalue weighted by Gasteiger charge is 2.20. The van der Waals surface area contributed by atoms with Gasteiger partial charge in [0, 0.05) is 29.2 Å². The second kappa shape index (κ2) is 6.92. The van der Waals surface area contributed by atoms with Gasteiger partial charge in [-0.15, -0.1) is 10.2 Å². The minimum absolute atomic E-state index is 0.0541. The van der Waals surface area contributed by atoms with Crippen LogP contribution in [0.2, 0.25) is 0 Å². The Balaban J connectivity index is 1.75. The Morgan fingerprint density at radius 1 is 1.00 bits per heavy atom. The number of rotatable bonds is 4. The van der Waals surface area contributed by atoms with Gasteiger partial charge in [0.1, 0.15) is 0 Å². The lowest BCUT2D eigenvalue weighted by Crippen LogP contribution is -2.31. The third-order valence-corrected chi connectivity index (χ3v) is 4.83. The molecule has 0 saturated heterocycles. The first-order valence-electron chi connectivity index (χ1n) is 9.21. The van der Waals surface area contributed by atoms with E-state index in [1.54, 1.807) is 29.0 Å². The third-order valence-electron chi connectivity index (χ3n) is 4.83. The first-order chi connectivity index (χ1) is 13.5. The monoisotopic (exact) mass is 375 g/mol. The Morgan fingerprint density at radius 2 is 1.71 bits per heavy atom. The molecule has 1 aromatic carbocycles. The summed E-state index contributed by atoms with van der Waals surface area (Å²) in [6, 6.07) is 12.4. The van der Waals surface area contributed by atoms with Crippen molar-refractivity contribution in [2.45, 2.75) is 32.9 Å². The van der Waals surface area contributed by atoms with Crippen LogP contribution in [0.25, 0.3) is 16.4 Å². The summed E-state index contributed by atoms with van der Waals surface area (Å²) in [4.78, 5) is 25.8. The number of aromatic nitrogens is 4. The number of carbonyl (C=O) groups is 1. The molecule has 7 heteroatoms. The summed E-state index contributed by atoms with van der Waals surface area (Å²) in [6.07, 6.45) is 3.50. The van der Waals surface area contributed by atoms with Gasteiger partial charge in [0.05, 0.1) is 11.6 Å². The summed E-state index contributed by atoms with van der Waals surface area (Å²) in [5.41, 5.74) is 1.08. The molecular weight excluding hydrogens is 354 g/mol. The van der Waals surface area contributed by atoms with Crippen LogP contribution in [0.3, 0.4) is 0 Å². The van der Waals surface area contributed by atoms with Gasteiger partial charge < -0.3 is 9.88 Å². The minimum atomic E-state index is -0.358. The molecule has 0 saturated carbocycles. The summed E-state index contributed by atoms with van der Waals surface area (Å²) in [6.45, 7) is 5.70. The summed E-state index contributed by atoms with van der Waals surface area (Å²) in [5.74, 6) is 0.385. The highest BCUT2D eigenvalue weighted by molar-refractivity contribution is 6.06. The van der Waals surface area contributed by atoms with Crippen LogP contribution >= 0.6 is 0 Å². The second-order valence-electron chi connectivity index (χ2n) is 7.08. The van der Waals surface area contributed by atoms with Crippen LogP contribution in [-0.4, -0.2) is 25.1 Å². The van der Waals surface area contributed by atoms with Crippen molar-refractivity contribution in [1.82, 2.24) is 24.5 Å². The van der Waals surface area contributed by atoms with Crippen LogP contribution in [0.4, 0.5) is 0 Å². The number of hydrogen-bond acceptors (Lipinski definition) is 4. The van der Waals surface area contributed by atoms with Gasteiger partial charge >= 0.3 is 0 Å². The fourth-order valence-electron chi connectivity index (χ4n) is 3.37. The maximum Gasteiger partial charge on any atom is 0.258 e. The topological polar surface area (TPSA) is 81.3 Å². The molecule has 4 rings (SSSR count). The van der Waals surface area contributed by atoms with Crippen LogP contribution in [-0.2, 0) is 0 Å². The van der Waals surface area contributed by atoms with E-state index in [4.69, 9.17) is 0 Å². The molecule has 1 N–H and O–H groups in total. The van der Waals surface area contributed by atoms with Gasteiger partial charge in [0.15, 0.2) is 11.5 Å². The lowest BCUT2D eigenvalue weighted by molar-refractivity contribution is 0.0939. The molecule has 1 atom stereocenters. The van der Waals surface area contributed by atoms with Crippen molar-refractivity contribution in [2.24, 2.45) is 0 Å². The zero-order valence-corrected chi connectivity index (χ0v) is 16.0. The number of carbonyl (C=O) groups excluding carboxylic acids is 1. The SMILES string of the molecule is CC(C)n1cc(C(=O)N[C@@H](C)c2nnc3ccccn23)c2ccccc2c1=O. The fourth-order valence-corrected chi connectivity index (χ4v) is 3.37. The van der Waals surface area contributed by atoms with Crippen LogP contribution < -0.4 is 10.9 Å². The Bertz CT molecular complexity index is 1240. The molecule has 0 aliphatic carbocycles. The maximum absolute atomic E-state index is 13.1. The van der Waals surface area contributed by atoms with E-state index in [2.05, 4.69) is 15.5 Å². The zero-order chi connectivity index (χ0) is 19.8. The van der Waals surface area contributed by atoms with Crippen LogP contribution in [0.5, 0.6) is 0 Å². The zero-order valence-electron chi connectivity index (χ0n) is 16.0. The minimum Gasteiger partial charge on any atom is -0.342 e. The average molecular weight is 375 g/mol. The van der Waals surface area contributed by atoms with Crippen LogP contribution in [0, 0.1) is 0 Å². The molecule has 0 unspecified atom stereocenters. The van der Waals surface area contributed by atoms with Gasteiger partial charge in [0.2, 0.25) is 0 Å². The Kier molecular flexibility index (Phi) is 4.43. The number of hydrogen-bond donors (Lipinski definition) is 1. The highest BCUT2D eigenvalue weighted by Crippen LogP contribution is 2.19. The largest absolute Gasteiger partial charge is 0.342 e. The van der Waals surface area contributed by atoms with Crippen molar-refractivity contribution in [1.29, 1.82) is 0 Å². The predicted octanol–water partition coefficient (Wildman–Crippen LogP) is 3.12. The molecule has 0 radical (unpaired) electrons. The summed E-state index contributed by atoms with van der Waals surface area (Å²) >= 11 is 0. The van der Waals surface area contributed by atoms with Crippen molar-refractivity contribution in [3.05, 3.63) is 76.6 Å². The molecule has 4 aromatic rings. The summed E-state index contributed by atoms with van der Waals surface area (Å²) in [5, 5.41) is 12.5.